The molecule has 41 heavy (non-hydrogen) atoms. The molecule has 0 bridgehead atoms. The Morgan fingerprint density at radius 2 is 1.85 bits per heavy atom. The molecule has 0 radical (unpaired) electrons. The van der Waals surface area contributed by atoms with Crippen molar-refractivity contribution in [1.82, 2.24) is 14.7 Å². The zero-order valence-corrected chi connectivity index (χ0v) is 25.3. The van der Waals surface area contributed by atoms with Crippen LogP contribution in [0.3, 0.4) is 0 Å². The number of benzene rings is 1. The van der Waals surface area contributed by atoms with Gasteiger partial charge in [-0.15, -0.1) is 0 Å². The smallest absolute Gasteiger partial charge is 0.308 e. The predicted octanol–water partition coefficient (Wildman–Crippen LogP) is 3.01. The number of unbranched alkanes of at least 4 members (excludes halogenated alkanes) is 1. The van der Waals surface area contributed by atoms with Crippen molar-refractivity contribution >= 4 is 17.8 Å². The minimum Gasteiger partial charge on any atom is -0.481 e. The summed E-state index contributed by atoms with van der Waals surface area (Å²) in [4.78, 5) is 44.7. The van der Waals surface area contributed by atoms with Crippen molar-refractivity contribution < 1.29 is 33.4 Å². The van der Waals surface area contributed by atoms with Gasteiger partial charge in [-0.25, -0.2) is 0 Å². The quantitative estimate of drug-likeness (QED) is 0.322. The van der Waals surface area contributed by atoms with Crippen LogP contribution in [-0.4, -0.2) is 122 Å². The Balaban J connectivity index is 1.52. The Morgan fingerprint density at radius 3 is 2.54 bits per heavy atom. The van der Waals surface area contributed by atoms with Crippen LogP contribution in [0.15, 0.2) is 18.2 Å². The fourth-order valence-electron chi connectivity index (χ4n) is 6.49. The fourth-order valence-corrected chi connectivity index (χ4v) is 6.49. The summed E-state index contributed by atoms with van der Waals surface area (Å²) in [5.74, 6) is -0.260. The van der Waals surface area contributed by atoms with Gasteiger partial charge in [-0.05, 0) is 43.4 Å². The number of amides is 2. The van der Waals surface area contributed by atoms with E-state index in [4.69, 9.17) is 9.47 Å². The first-order valence-corrected chi connectivity index (χ1v) is 15.3. The minimum atomic E-state index is -0.851. The molecule has 10 heteroatoms. The van der Waals surface area contributed by atoms with Gasteiger partial charge in [0.25, 0.3) is 0 Å². The second-order valence-corrected chi connectivity index (χ2v) is 12.8. The first kappa shape index (κ1) is 31.1. The number of hydrogen-bond acceptors (Lipinski definition) is 6. The average molecular weight is 574 g/mol. The van der Waals surface area contributed by atoms with Crippen molar-refractivity contribution in [2.75, 3.05) is 73.7 Å². The number of hydrogen-bond donors (Lipinski definition) is 1. The highest BCUT2D eigenvalue weighted by Gasteiger charge is 2.47. The van der Waals surface area contributed by atoms with Crippen LogP contribution in [-0.2, 0) is 14.4 Å². The van der Waals surface area contributed by atoms with Gasteiger partial charge >= 0.3 is 5.97 Å². The van der Waals surface area contributed by atoms with Gasteiger partial charge in [0.1, 0.15) is 0 Å². The molecule has 0 aliphatic carbocycles. The van der Waals surface area contributed by atoms with E-state index >= 15 is 0 Å². The van der Waals surface area contributed by atoms with E-state index in [1.165, 1.54) is 0 Å². The average Bonchev–Trinajstić information content (AvgIpc) is 3.64. The van der Waals surface area contributed by atoms with Crippen LogP contribution < -0.4 is 9.47 Å². The lowest BCUT2D eigenvalue weighted by atomic mass is 9.83. The SMILES string of the molecule is CCCCN(CCC[N+](C)(C)C)C(=O)CN1C[C@H](c2ccc3c(c2)OCO3)C(C(=O)O)[C@@H]1CCCN1CCCC1=O. The third kappa shape index (κ3) is 8.13. The number of quaternary nitrogens is 1. The maximum atomic E-state index is 13.7. The number of rotatable bonds is 15. The fraction of sp³-hybridized carbons (Fsp3) is 0.710. The second-order valence-electron chi connectivity index (χ2n) is 12.8. The lowest BCUT2D eigenvalue weighted by Crippen LogP contribution is -2.45. The monoisotopic (exact) mass is 573 g/mol. The highest BCUT2D eigenvalue weighted by molar-refractivity contribution is 5.79. The Morgan fingerprint density at radius 1 is 1.10 bits per heavy atom. The van der Waals surface area contributed by atoms with Gasteiger partial charge in [0.15, 0.2) is 11.5 Å². The van der Waals surface area contributed by atoms with Crippen LogP contribution >= 0.6 is 0 Å². The topological polar surface area (TPSA) is 99.6 Å². The third-order valence-electron chi connectivity index (χ3n) is 8.69. The molecule has 3 aliphatic heterocycles. The number of aliphatic carboxylic acids is 1. The molecule has 1 N–H and O–H groups in total. The molecular formula is C31H49N4O6+. The van der Waals surface area contributed by atoms with Gasteiger partial charge in [-0.1, -0.05) is 19.4 Å². The first-order valence-electron chi connectivity index (χ1n) is 15.3. The van der Waals surface area contributed by atoms with Crippen molar-refractivity contribution in [3.05, 3.63) is 23.8 Å². The number of carbonyl (C=O) groups excluding carboxylic acids is 2. The summed E-state index contributed by atoms with van der Waals surface area (Å²) < 4.78 is 11.9. The van der Waals surface area contributed by atoms with E-state index in [1.54, 1.807) is 0 Å². The van der Waals surface area contributed by atoms with Crippen molar-refractivity contribution in [2.24, 2.45) is 5.92 Å². The molecule has 0 spiro atoms. The Kier molecular flexibility index (Phi) is 10.5. The molecule has 10 nitrogen and oxygen atoms in total. The summed E-state index contributed by atoms with van der Waals surface area (Å²) in [6.07, 6.45) is 5.68. The highest BCUT2D eigenvalue weighted by atomic mass is 16.7. The van der Waals surface area contributed by atoms with Gasteiger partial charge in [-0.2, -0.15) is 0 Å². The Hall–Kier alpha value is -2.85. The molecule has 1 aromatic carbocycles. The second kappa shape index (κ2) is 13.9. The maximum absolute atomic E-state index is 13.7. The number of nitrogens with zero attached hydrogens (tertiary/aromatic N) is 4. The van der Waals surface area contributed by atoms with E-state index in [0.717, 1.165) is 55.4 Å². The van der Waals surface area contributed by atoms with Crippen molar-refractivity contribution in [1.29, 1.82) is 0 Å². The normalized spacial score (nSPS) is 22.5. The molecular weight excluding hydrogens is 524 g/mol. The number of fused-ring (bicyclic) bond motifs is 1. The highest BCUT2D eigenvalue weighted by Crippen LogP contribution is 2.43. The Labute approximate surface area is 244 Å². The number of carboxylic acids is 1. The molecule has 228 valence electrons. The zero-order chi connectivity index (χ0) is 29.6. The summed E-state index contributed by atoms with van der Waals surface area (Å²) in [6.45, 7) is 6.77. The van der Waals surface area contributed by atoms with E-state index < -0.39 is 11.9 Å². The van der Waals surface area contributed by atoms with Gasteiger partial charge in [0.2, 0.25) is 18.6 Å². The number of likely N-dealkylation sites (tertiary alicyclic amines) is 2. The molecule has 0 saturated carbocycles. The Bertz CT molecular complexity index is 1070. The third-order valence-corrected chi connectivity index (χ3v) is 8.69. The maximum Gasteiger partial charge on any atom is 0.308 e. The van der Waals surface area contributed by atoms with Crippen LogP contribution in [0.2, 0.25) is 0 Å². The van der Waals surface area contributed by atoms with E-state index in [1.807, 2.05) is 28.0 Å². The number of ether oxygens (including phenoxy) is 2. The molecule has 2 amide bonds. The zero-order valence-electron chi connectivity index (χ0n) is 25.3. The molecule has 1 aromatic rings. The van der Waals surface area contributed by atoms with Crippen molar-refractivity contribution in [2.45, 2.75) is 63.8 Å². The van der Waals surface area contributed by atoms with Gasteiger partial charge in [0, 0.05) is 57.5 Å². The van der Waals surface area contributed by atoms with Gasteiger partial charge in [-0.3, -0.25) is 19.3 Å². The molecule has 3 heterocycles. The number of carbonyl (C=O) groups is 3. The van der Waals surface area contributed by atoms with E-state index in [0.29, 0.717) is 50.4 Å². The van der Waals surface area contributed by atoms with Gasteiger partial charge < -0.3 is 28.9 Å². The lowest BCUT2D eigenvalue weighted by Gasteiger charge is -2.31. The van der Waals surface area contributed by atoms with Gasteiger partial charge in [0.05, 0.1) is 40.2 Å². The van der Waals surface area contributed by atoms with E-state index in [9.17, 15) is 19.5 Å². The summed E-state index contributed by atoms with van der Waals surface area (Å²) in [7, 11) is 6.47. The van der Waals surface area contributed by atoms with Crippen LogP contribution in [0.4, 0.5) is 0 Å². The molecule has 4 rings (SSSR count). The first-order chi connectivity index (χ1) is 19.6. The van der Waals surface area contributed by atoms with Crippen LogP contribution in [0.25, 0.3) is 0 Å². The lowest BCUT2D eigenvalue weighted by molar-refractivity contribution is -0.870. The standard InChI is InChI=1S/C31H48N4O6/c1-5-6-14-33(17-9-18-35(2,3)4)29(37)21-34-20-24(23-12-13-26-27(19-23)41-22-40-26)30(31(38)39)25(34)10-7-15-32-16-8-11-28(32)36/h12-13,19,24-25,30H,5-11,14-18,20-22H2,1-4H3/p+1/t24-,25+,30?/m1/s1. The van der Waals surface area contributed by atoms with Crippen molar-refractivity contribution in [3.8, 4) is 11.5 Å². The summed E-state index contributed by atoms with van der Waals surface area (Å²) in [5.41, 5.74) is 0.891. The van der Waals surface area contributed by atoms with E-state index in [2.05, 4.69) is 33.0 Å². The van der Waals surface area contributed by atoms with Crippen LogP contribution in [0.5, 0.6) is 11.5 Å². The predicted molar refractivity (Wildman–Crippen MR) is 156 cm³/mol. The van der Waals surface area contributed by atoms with E-state index in [-0.39, 0.29) is 37.1 Å². The molecule has 3 aliphatic rings. The van der Waals surface area contributed by atoms with Crippen LogP contribution in [0, 0.1) is 5.92 Å². The summed E-state index contributed by atoms with van der Waals surface area (Å²) in [5, 5.41) is 10.5. The molecule has 3 atom stereocenters. The summed E-state index contributed by atoms with van der Waals surface area (Å²) in [6, 6.07) is 5.37. The van der Waals surface area contributed by atoms with Crippen molar-refractivity contribution in [3.63, 3.8) is 0 Å². The largest absolute Gasteiger partial charge is 0.481 e. The molecule has 0 aromatic heterocycles. The molecule has 2 fully saturated rings. The van der Waals surface area contributed by atoms with Crippen LogP contribution in [0.1, 0.15) is 63.4 Å². The number of carboxylic acid groups (broad SMARTS) is 1. The molecule has 2 saturated heterocycles. The summed E-state index contributed by atoms with van der Waals surface area (Å²) >= 11 is 0. The molecule has 1 unspecified atom stereocenters. The minimum absolute atomic E-state index is 0.0649.